The molecule has 36 heavy (non-hydrogen) atoms. The Morgan fingerprint density at radius 2 is 1.75 bits per heavy atom. The van der Waals surface area contributed by atoms with Crippen LogP contribution in [0, 0.1) is 0 Å². The van der Waals surface area contributed by atoms with Gasteiger partial charge in [-0.05, 0) is 120 Å². The Balaban J connectivity index is 1.16. The SMILES string of the molecule is COc1ccc2[nH]cc(C3CCN(CCCc4c[nH]c5ccc(C(=O)NC(C)(C)C)cc45)CC3)c2c1. The third-order valence-electron chi connectivity index (χ3n) is 7.39. The van der Waals surface area contributed by atoms with Gasteiger partial charge in [-0.25, -0.2) is 0 Å². The lowest BCUT2D eigenvalue weighted by molar-refractivity contribution is 0.0919. The van der Waals surface area contributed by atoms with Crippen molar-refractivity contribution < 1.29 is 9.53 Å². The number of rotatable bonds is 7. The summed E-state index contributed by atoms with van der Waals surface area (Å²) in [5.41, 5.74) is 5.46. The number of nitrogens with zero attached hydrogens (tertiary/aromatic N) is 1. The molecule has 1 amide bonds. The van der Waals surface area contributed by atoms with Gasteiger partial charge in [0.05, 0.1) is 7.11 Å². The smallest absolute Gasteiger partial charge is 0.251 e. The molecule has 0 bridgehead atoms. The van der Waals surface area contributed by atoms with E-state index in [9.17, 15) is 4.79 Å². The van der Waals surface area contributed by atoms with Crippen LogP contribution in [0.2, 0.25) is 0 Å². The second-order valence-electron chi connectivity index (χ2n) is 11.2. The molecule has 190 valence electrons. The largest absolute Gasteiger partial charge is 0.497 e. The highest BCUT2D eigenvalue weighted by Gasteiger charge is 2.23. The molecular formula is C30H38N4O2. The van der Waals surface area contributed by atoms with Gasteiger partial charge in [0.2, 0.25) is 0 Å². The molecule has 1 aliphatic heterocycles. The van der Waals surface area contributed by atoms with Crippen LogP contribution in [-0.2, 0) is 6.42 Å². The van der Waals surface area contributed by atoms with Crippen molar-refractivity contribution in [2.75, 3.05) is 26.7 Å². The zero-order chi connectivity index (χ0) is 25.3. The molecular weight excluding hydrogens is 448 g/mol. The Morgan fingerprint density at radius 1 is 1.03 bits per heavy atom. The summed E-state index contributed by atoms with van der Waals surface area (Å²) in [5.74, 6) is 1.49. The number of fused-ring (bicyclic) bond motifs is 2. The number of likely N-dealkylation sites (tertiary alicyclic amines) is 1. The van der Waals surface area contributed by atoms with Crippen LogP contribution in [0.1, 0.15) is 67.4 Å². The van der Waals surface area contributed by atoms with E-state index in [1.165, 1.54) is 34.9 Å². The number of H-pyrrole nitrogens is 2. The topological polar surface area (TPSA) is 73.1 Å². The van der Waals surface area contributed by atoms with Crippen LogP contribution in [0.3, 0.4) is 0 Å². The van der Waals surface area contributed by atoms with Gasteiger partial charge in [-0.1, -0.05) is 0 Å². The Hall–Kier alpha value is -3.25. The number of methoxy groups -OCH3 is 1. The van der Waals surface area contributed by atoms with Gasteiger partial charge in [-0.3, -0.25) is 4.79 Å². The van der Waals surface area contributed by atoms with Crippen molar-refractivity contribution in [3.8, 4) is 5.75 Å². The van der Waals surface area contributed by atoms with Gasteiger partial charge in [-0.2, -0.15) is 0 Å². The molecule has 0 atom stereocenters. The highest BCUT2D eigenvalue weighted by molar-refractivity contribution is 5.99. The number of carbonyl (C=O) groups is 1. The van der Waals surface area contributed by atoms with Crippen LogP contribution in [-0.4, -0.2) is 53.1 Å². The van der Waals surface area contributed by atoms with Crippen LogP contribution in [0.5, 0.6) is 5.75 Å². The Labute approximate surface area is 213 Å². The van der Waals surface area contributed by atoms with Gasteiger partial charge >= 0.3 is 0 Å². The van der Waals surface area contributed by atoms with Crippen molar-refractivity contribution in [1.29, 1.82) is 0 Å². The number of piperidine rings is 1. The molecule has 6 heteroatoms. The maximum absolute atomic E-state index is 12.6. The number of nitrogens with one attached hydrogen (secondary N) is 3. The van der Waals surface area contributed by atoms with E-state index in [2.05, 4.69) is 44.7 Å². The molecule has 1 saturated heterocycles. The van der Waals surface area contributed by atoms with Gasteiger partial charge in [0.15, 0.2) is 0 Å². The van der Waals surface area contributed by atoms with Crippen molar-refractivity contribution in [1.82, 2.24) is 20.2 Å². The fourth-order valence-corrected chi connectivity index (χ4v) is 5.49. The first kappa shape index (κ1) is 24.4. The van der Waals surface area contributed by atoms with Gasteiger partial charge in [-0.15, -0.1) is 0 Å². The third-order valence-corrected chi connectivity index (χ3v) is 7.39. The lowest BCUT2D eigenvalue weighted by atomic mass is 9.89. The number of carbonyl (C=O) groups excluding carboxylic acids is 1. The first-order chi connectivity index (χ1) is 17.3. The van der Waals surface area contributed by atoms with Crippen LogP contribution in [0.4, 0.5) is 0 Å². The normalized spacial score (nSPS) is 15.6. The molecule has 0 saturated carbocycles. The number of hydrogen-bond donors (Lipinski definition) is 3. The summed E-state index contributed by atoms with van der Waals surface area (Å²) in [4.78, 5) is 22.1. The third kappa shape index (κ3) is 5.29. The molecule has 0 unspecified atom stereocenters. The number of aryl methyl sites for hydroxylation is 1. The van der Waals surface area contributed by atoms with E-state index in [1.54, 1.807) is 7.11 Å². The molecule has 2 aromatic heterocycles. The van der Waals surface area contributed by atoms with E-state index in [1.807, 2.05) is 45.0 Å². The van der Waals surface area contributed by atoms with Crippen molar-refractivity contribution in [3.63, 3.8) is 0 Å². The summed E-state index contributed by atoms with van der Waals surface area (Å²) in [7, 11) is 1.73. The summed E-state index contributed by atoms with van der Waals surface area (Å²) in [6.07, 6.45) is 8.78. The summed E-state index contributed by atoms with van der Waals surface area (Å²) >= 11 is 0. The Bertz CT molecular complexity index is 1350. The summed E-state index contributed by atoms with van der Waals surface area (Å²) in [5, 5.41) is 5.51. The molecule has 1 aliphatic rings. The summed E-state index contributed by atoms with van der Waals surface area (Å²) < 4.78 is 5.45. The predicted octanol–water partition coefficient (Wildman–Crippen LogP) is 6.00. The molecule has 1 fully saturated rings. The van der Waals surface area contributed by atoms with Gasteiger partial charge in [0.25, 0.3) is 5.91 Å². The number of amides is 1. The zero-order valence-corrected chi connectivity index (χ0v) is 21.9. The number of benzene rings is 2. The van der Waals surface area contributed by atoms with Crippen LogP contribution in [0.15, 0.2) is 48.8 Å². The molecule has 0 radical (unpaired) electrons. The van der Waals surface area contributed by atoms with Crippen molar-refractivity contribution in [2.24, 2.45) is 0 Å². The lowest BCUT2D eigenvalue weighted by Gasteiger charge is -2.32. The van der Waals surface area contributed by atoms with Crippen molar-refractivity contribution >= 4 is 27.7 Å². The molecule has 5 rings (SSSR count). The molecule has 0 aliphatic carbocycles. The Kier molecular flexibility index (Phi) is 6.80. The highest BCUT2D eigenvalue weighted by atomic mass is 16.5. The maximum atomic E-state index is 12.6. The molecule has 3 heterocycles. The standard InChI is InChI=1S/C30H38N4O2/c1-30(2,3)33-29(35)21-7-9-27-24(16-21)22(18-31-27)6-5-13-34-14-11-20(12-15-34)26-19-32-28-10-8-23(36-4)17-25(26)28/h7-10,16-20,31-32H,5-6,11-15H2,1-4H3,(H,33,35). The first-order valence-corrected chi connectivity index (χ1v) is 13.1. The summed E-state index contributed by atoms with van der Waals surface area (Å²) in [6.45, 7) is 9.38. The predicted molar refractivity (Wildman–Crippen MR) is 147 cm³/mol. The number of aromatic nitrogens is 2. The minimum absolute atomic E-state index is 0.0203. The van der Waals surface area contributed by atoms with E-state index in [0.29, 0.717) is 5.92 Å². The average molecular weight is 487 g/mol. The fraction of sp³-hybridized carbons (Fsp3) is 0.433. The second-order valence-corrected chi connectivity index (χ2v) is 11.2. The Morgan fingerprint density at radius 3 is 2.50 bits per heavy atom. The van der Waals surface area contributed by atoms with Crippen LogP contribution < -0.4 is 10.1 Å². The molecule has 6 nitrogen and oxygen atoms in total. The van der Waals surface area contributed by atoms with Crippen LogP contribution >= 0.6 is 0 Å². The average Bonchev–Trinajstić information content (AvgIpc) is 3.47. The van der Waals surface area contributed by atoms with Gasteiger partial charge in [0, 0.05) is 45.3 Å². The zero-order valence-electron chi connectivity index (χ0n) is 21.9. The second kappa shape index (κ2) is 10.0. The lowest BCUT2D eigenvalue weighted by Crippen LogP contribution is -2.40. The van der Waals surface area contributed by atoms with E-state index in [4.69, 9.17) is 4.74 Å². The molecule has 3 N–H and O–H groups in total. The summed E-state index contributed by atoms with van der Waals surface area (Å²) in [6, 6.07) is 12.2. The molecule has 4 aromatic rings. The molecule has 2 aromatic carbocycles. The van der Waals surface area contributed by atoms with Crippen LogP contribution in [0.25, 0.3) is 21.8 Å². The fourth-order valence-electron chi connectivity index (χ4n) is 5.49. The minimum atomic E-state index is -0.248. The monoisotopic (exact) mass is 486 g/mol. The van der Waals surface area contributed by atoms with E-state index in [-0.39, 0.29) is 11.4 Å². The number of hydrogen-bond acceptors (Lipinski definition) is 3. The maximum Gasteiger partial charge on any atom is 0.251 e. The quantitative estimate of drug-likeness (QED) is 0.300. The number of aromatic amines is 2. The number of ether oxygens (including phenoxy) is 1. The van der Waals surface area contributed by atoms with Gasteiger partial charge in [0.1, 0.15) is 5.75 Å². The van der Waals surface area contributed by atoms with Crippen molar-refractivity contribution in [2.45, 2.75) is 57.9 Å². The van der Waals surface area contributed by atoms with Crippen molar-refractivity contribution in [3.05, 3.63) is 65.5 Å². The van der Waals surface area contributed by atoms with E-state index in [0.717, 1.165) is 54.7 Å². The first-order valence-electron chi connectivity index (χ1n) is 13.1. The van der Waals surface area contributed by atoms with E-state index >= 15 is 0 Å². The minimum Gasteiger partial charge on any atom is -0.497 e. The highest BCUT2D eigenvalue weighted by Crippen LogP contribution is 2.34. The molecule has 0 spiro atoms. The van der Waals surface area contributed by atoms with Gasteiger partial charge < -0.3 is 24.9 Å². The van der Waals surface area contributed by atoms with E-state index < -0.39 is 0 Å².